The fraction of sp³-hybridized carbons (Fsp3) is 0.600. The number of hydrogen-bond acceptors (Lipinski definition) is 4. The molecule has 0 aliphatic rings. The standard InChI is InChI=1S/C15H23NO4/c1-9(16-14(18)20-15(4,5)6)7-13(17)12-8-10(2)19-11(12)3/h8-9H,7H2,1-6H3,(H,16,18). The van der Waals surface area contributed by atoms with Gasteiger partial charge in [-0.15, -0.1) is 0 Å². The summed E-state index contributed by atoms with van der Waals surface area (Å²) in [7, 11) is 0. The summed E-state index contributed by atoms with van der Waals surface area (Å²) in [6.45, 7) is 10.7. The molecule has 0 aliphatic carbocycles. The first-order valence-corrected chi connectivity index (χ1v) is 6.68. The number of nitrogens with one attached hydrogen (secondary N) is 1. The molecule has 1 aromatic rings. The maximum absolute atomic E-state index is 12.1. The van der Waals surface area contributed by atoms with E-state index in [0.29, 0.717) is 17.1 Å². The molecule has 20 heavy (non-hydrogen) atoms. The first-order valence-electron chi connectivity index (χ1n) is 6.68. The van der Waals surface area contributed by atoms with Crippen LogP contribution < -0.4 is 5.32 Å². The lowest BCUT2D eigenvalue weighted by molar-refractivity contribution is 0.0506. The molecular weight excluding hydrogens is 258 g/mol. The third kappa shape index (κ3) is 5.07. The summed E-state index contributed by atoms with van der Waals surface area (Å²) in [4.78, 5) is 23.7. The van der Waals surface area contributed by atoms with Crippen LogP contribution in [0, 0.1) is 13.8 Å². The zero-order valence-electron chi connectivity index (χ0n) is 13.0. The average molecular weight is 281 g/mol. The quantitative estimate of drug-likeness (QED) is 0.859. The van der Waals surface area contributed by atoms with Crippen LogP contribution >= 0.6 is 0 Å². The highest BCUT2D eigenvalue weighted by atomic mass is 16.6. The predicted molar refractivity (Wildman–Crippen MR) is 76.0 cm³/mol. The third-order valence-electron chi connectivity index (χ3n) is 2.60. The van der Waals surface area contributed by atoms with Gasteiger partial charge in [-0.25, -0.2) is 4.79 Å². The van der Waals surface area contributed by atoms with Crippen LogP contribution in [0.5, 0.6) is 0 Å². The Balaban J connectivity index is 2.54. The van der Waals surface area contributed by atoms with E-state index in [9.17, 15) is 9.59 Å². The molecule has 5 nitrogen and oxygen atoms in total. The molecule has 0 aromatic carbocycles. The number of carbonyl (C=O) groups is 2. The molecule has 112 valence electrons. The van der Waals surface area contributed by atoms with E-state index < -0.39 is 11.7 Å². The lowest BCUT2D eigenvalue weighted by Gasteiger charge is -2.21. The number of hydrogen-bond donors (Lipinski definition) is 1. The van der Waals surface area contributed by atoms with Gasteiger partial charge in [0, 0.05) is 12.5 Å². The topological polar surface area (TPSA) is 68.5 Å². The van der Waals surface area contributed by atoms with Gasteiger partial charge in [-0.3, -0.25) is 4.79 Å². The van der Waals surface area contributed by atoms with Gasteiger partial charge in [-0.2, -0.15) is 0 Å². The number of carbonyl (C=O) groups excluding carboxylic acids is 2. The number of rotatable bonds is 4. The predicted octanol–water partition coefficient (Wildman–Crippen LogP) is 3.38. The molecule has 0 saturated carbocycles. The maximum atomic E-state index is 12.1. The number of ketones is 1. The normalized spacial score (nSPS) is 12.9. The highest BCUT2D eigenvalue weighted by Crippen LogP contribution is 2.16. The Morgan fingerprint density at radius 2 is 1.95 bits per heavy atom. The molecule has 0 fully saturated rings. The minimum Gasteiger partial charge on any atom is -0.466 e. The van der Waals surface area contributed by atoms with Crippen molar-refractivity contribution in [2.75, 3.05) is 0 Å². The molecule has 0 saturated heterocycles. The molecule has 1 atom stereocenters. The number of Topliss-reactive ketones (excluding diaryl/α,β-unsaturated/α-hetero) is 1. The summed E-state index contributed by atoms with van der Waals surface area (Å²) in [6.07, 6.45) is -0.308. The zero-order chi connectivity index (χ0) is 15.5. The SMILES string of the molecule is Cc1cc(C(=O)CC(C)NC(=O)OC(C)(C)C)c(C)o1. The third-order valence-corrected chi connectivity index (χ3v) is 2.60. The van der Waals surface area contributed by atoms with Gasteiger partial charge in [-0.1, -0.05) is 0 Å². The van der Waals surface area contributed by atoms with E-state index in [1.54, 1.807) is 47.6 Å². The first-order chi connectivity index (χ1) is 9.08. The van der Waals surface area contributed by atoms with Crippen LogP contribution in [0.25, 0.3) is 0 Å². The van der Waals surface area contributed by atoms with Crippen molar-refractivity contribution in [3.05, 3.63) is 23.2 Å². The smallest absolute Gasteiger partial charge is 0.407 e. The van der Waals surface area contributed by atoms with Crippen molar-refractivity contribution in [2.45, 2.75) is 59.6 Å². The molecule has 1 unspecified atom stereocenters. The molecule has 1 amide bonds. The average Bonchev–Trinajstić information content (AvgIpc) is 2.54. The number of alkyl carbamates (subject to hydrolysis) is 1. The second kappa shape index (κ2) is 6.11. The van der Waals surface area contributed by atoms with Crippen molar-refractivity contribution in [2.24, 2.45) is 0 Å². The van der Waals surface area contributed by atoms with Gasteiger partial charge in [0.25, 0.3) is 0 Å². The molecule has 1 rings (SSSR count). The van der Waals surface area contributed by atoms with Crippen LogP contribution in [-0.2, 0) is 4.74 Å². The van der Waals surface area contributed by atoms with Crippen molar-refractivity contribution < 1.29 is 18.7 Å². The summed E-state index contributed by atoms with van der Waals surface area (Å²) < 4.78 is 10.5. The molecular formula is C15H23NO4. The van der Waals surface area contributed by atoms with E-state index in [4.69, 9.17) is 9.15 Å². The van der Waals surface area contributed by atoms with E-state index in [-0.39, 0.29) is 18.2 Å². The molecule has 0 spiro atoms. The Kier molecular flexibility index (Phi) is 4.98. The molecule has 0 radical (unpaired) electrons. The molecule has 5 heteroatoms. The van der Waals surface area contributed by atoms with E-state index >= 15 is 0 Å². The Morgan fingerprint density at radius 3 is 2.40 bits per heavy atom. The van der Waals surface area contributed by atoms with Gasteiger partial charge in [0.1, 0.15) is 17.1 Å². The lowest BCUT2D eigenvalue weighted by atomic mass is 10.1. The van der Waals surface area contributed by atoms with Crippen molar-refractivity contribution >= 4 is 11.9 Å². The number of ether oxygens (including phenoxy) is 1. The summed E-state index contributed by atoms with van der Waals surface area (Å²) >= 11 is 0. The maximum Gasteiger partial charge on any atom is 0.407 e. The van der Waals surface area contributed by atoms with E-state index in [2.05, 4.69) is 5.32 Å². The van der Waals surface area contributed by atoms with Gasteiger partial charge >= 0.3 is 6.09 Å². The second-order valence-corrected chi connectivity index (χ2v) is 6.00. The van der Waals surface area contributed by atoms with Crippen LogP contribution in [0.3, 0.4) is 0 Å². The minimum absolute atomic E-state index is 0.0529. The highest BCUT2D eigenvalue weighted by molar-refractivity contribution is 5.97. The van der Waals surface area contributed by atoms with Gasteiger partial charge in [-0.05, 0) is 47.6 Å². The number of aryl methyl sites for hydroxylation is 2. The van der Waals surface area contributed by atoms with Crippen LogP contribution in [0.2, 0.25) is 0 Å². The van der Waals surface area contributed by atoms with Gasteiger partial charge in [0.05, 0.1) is 5.56 Å². The second-order valence-electron chi connectivity index (χ2n) is 6.00. The largest absolute Gasteiger partial charge is 0.466 e. The highest BCUT2D eigenvalue weighted by Gasteiger charge is 2.20. The fourth-order valence-electron chi connectivity index (χ4n) is 1.86. The van der Waals surface area contributed by atoms with E-state index in [1.165, 1.54) is 0 Å². The summed E-state index contributed by atoms with van der Waals surface area (Å²) in [5.41, 5.74) is 0.0202. The Morgan fingerprint density at radius 1 is 1.35 bits per heavy atom. The van der Waals surface area contributed by atoms with Gasteiger partial charge in [0.2, 0.25) is 0 Å². The van der Waals surface area contributed by atoms with Crippen LogP contribution in [0.4, 0.5) is 4.79 Å². The summed E-state index contributed by atoms with van der Waals surface area (Å²) in [5, 5.41) is 2.65. The van der Waals surface area contributed by atoms with Gasteiger partial charge < -0.3 is 14.5 Å². The first kappa shape index (κ1) is 16.3. The Labute approximate surface area is 119 Å². The summed E-state index contributed by atoms with van der Waals surface area (Å²) in [5.74, 6) is 1.26. The van der Waals surface area contributed by atoms with E-state index in [0.717, 1.165) is 0 Å². The molecule has 1 aromatic heterocycles. The van der Waals surface area contributed by atoms with Crippen molar-refractivity contribution in [3.63, 3.8) is 0 Å². The monoisotopic (exact) mass is 281 g/mol. The number of furan rings is 1. The van der Waals surface area contributed by atoms with Crippen LogP contribution in [-0.4, -0.2) is 23.5 Å². The lowest BCUT2D eigenvalue weighted by Crippen LogP contribution is -2.38. The fourth-order valence-corrected chi connectivity index (χ4v) is 1.86. The molecule has 1 heterocycles. The van der Waals surface area contributed by atoms with Crippen molar-refractivity contribution in [1.29, 1.82) is 0 Å². The van der Waals surface area contributed by atoms with E-state index in [1.807, 2.05) is 0 Å². The molecule has 0 aliphatic heterocycles. The van der Waals surface area contributed by atoms with Crippen molar-refractivity contribution in [3.8, 4) is 0 Å². The Hall–Kier alpha value is -1.78. The molecule has 1 N–H and O–H groups in total. The summed E-state index contributed by atoms with van der Waals surface area (Å²) in [6, 6.07) is 1.42. The van der Waals surface area contributed by atoms with Crippen LogP contribution in [0.1, 0.15) is 56.0 Å². The Bertz CT molecular complexity index is 496. The minimum atomic E-state index is -0.550. The number of amides is 1. The van der Waals surface area contributed by atoms with Crippen molar-refractivity contribution in [1.82, 2.24) is 5.32 Å². The van der Waals surface area contributed by atoms with Gasteiger partial charge in [0.15, 0.2) is 5.78 Å². The van der Waals surface area contributed by atoms with Crippen LogP contribution in [0.15, 0.2) is 10.5 Å². The zero-order valence-corrected chi connectivity index (χ0v) is 13.0. The molecule has 0 bridgehead atoms.